The molecule has 1 heterocycles. The number of benzene rings is 2. The van der Waals surface area contributed by atoms with Crippen molar-refractivity contribution in [2.75, 3.05) is 0 Å². The maximum atomic E-state index is 12.8. The average Bonchev–Trinajstić information content (AvgIpc) is 3.09. The van der Waals surface area contributed by atoms with Gasteiger partial charge in [-0.1, -0.05) is 42.5 Å². The minimum Gasteiger partial charge on any atom is -0.352 e. The van der Waals surface area contributed by atoms with Gasteiger partial charge in [-0.25, -0.2) is 4.98 Å². The number of halogens is 3. The van der Waals surface area contributed by atoms with Crippen LogP contribution >= 0.6 is 11.3 Å². The van der Waals surface area contributed by atoms with Crippen LogP contribution in [0.3, 0.4) is 0 Å². The zero-order valence-electron chi connectivity index (χ0n) is 13.6. The van der Waals surface area contributed by atoms with Gasteiger partial charge in [0.1, 0.15) is 5.01 Å². The van der Waals surface area contributed by atoms with Crippen molar-refractivity contribution in [3.8, 4) is 11.3 Å². The predicted molar refractivity (Wildman–Crippen MR) is 94.5 cm³/mol. The lowest BCUT2D eigenvalue weighted by Crippen LogP contribution is -2.24. The Morgan fingerprint density at radius 3 is 2.58 bits per heavy atom. The molecule has 0 aliphatic carbocycles. The van der Waals surface area contributed by atoms with Gasteiger partial charge in [0.25, 0.3) is 0 Å². The predicted octanol–water partition coefficient (Wildman–Crippen LogP) is 4.69. The first-order valence-electron chi connectivity index (χ1n) is 7.84. The molecule has 134 valence electrons. The molecule has 0 bridgehead atoms. The lowest BCUT2D eigenvalue weighted by Gasteiger charge is -2.07. The number of hydrogen-bond acceptors (Lipinski definition) is 3. The second-order valence-electron chi connectivity index (χ2n) is 5.64. The molecule has 1 aromatic heterocycles. The molecule has 0 aliphatic rings. The summed E-state index contributed by atoms with van der Waals surface area (Å²) >= 11 is 1.25. The smallest absolute Gasteiger partial charge is 0.352 e. The number of nitrogens with zero attached hydrogens (tertiary/aromatic N) is 1. The third-order valence-electron chi connectivity index (χ3n) is 3.68. The van der Waals surface area contributed by atoms with Crippen molar-refractivity contribution >= 4 is 17.2 Å². The summed E-state index contributed by atoms with van der Waals surface area (Å²) in [5, 5.41) is 5.02. The molecule has 3 aromatic rings. The molecule has 1 N–H and O–H groups in total. The Bertz CT molecular complexity index is 891. The minimum atomic E-state index is -4.40. The number of hydrogen-bond donors (Lipinski definition) is 1. The van der Waals surface area contributed by atoms with Gasteiger partial charge in [0.2, 0.25) is 5.91 Å². The van der Waals surface area contributed by atoms with E-state index in [0.717, 1.165) is 17.7 Å². The maximum Gasteiger partial charge on any atom is 0.416 e. The fourth-order valence-corrected chi connectivity index (χ4v) is 3.18. The number of amides is 1. The van der Waals surface area contributed by atoms with Crippen molar-refractivity contribution < 1.29 is 18.0 Å². The van der Waals surface area contributed by atoms with E-state index in [9.17, 15) is 18.0 Å². The summed E-state index contributed by atoms with van der Waals surface area (Å²) in [5.41, 5.74) is 1.09. The molecule has 0 radical (unpaired) electrons. The summed E-state index contributed by atoms with van der Waals surface area (Å²) < 4.78 is 38.4. The molecule has 0 fully saturated rings. The van der Waals surface area contributed by atoms with Gasteiger partial charge in [-0.05, 0) is 17.7 Å². The van der Waals surface area contributed by atoms with E-state index in [1.807, 2.05) is 30.3 Å². The average molecular weight is 376 g/mol. The van der Waals surface area contributed by atoms with Crippen molar-refractivity contribution in [3.63, 3.8) is 0 Å². The highest BCUT2D eigenvalue weighted by Crippen LogP contribution is 2.32. The van der Waals surface area contributed by atoms with E-state index >= 15 is 0 Å². The fourth-order valence-electron chi connectivity index (χ4n) is 2.38. The number of alkyl halides is 3. The van der Waals surface area contributed by atoms with Crippen molar-refractivity contribution in [2.24, 2.45) is 0 Å². The number of carbonyl (C=O) groups excluding carboxylic acids is 1. The second kappa shape index (κ2) is 7.70. The van der Waals surface area contributed by atoms with E-state index in [4.69, 9.17) is 0 Å². The molecule has 7 heteroatoms. The van der Waals surface area contributed by atoms with E-state index < -0.39 is 11.7 Å². The highest BCUT2D eigenvalue weighted by Gasteiger charge is 2.30. The second-order valence-corrected chi connectivity index (χ2v) is 6.59. The number of carbonyl (C=O) groups is 1. The number of rotatable bonds is 5. The van der Waals surface area contributed by atoms with Crippen LogP contribution in [-0.2, 0) is 23.9 Å². The van der Waals surface area contributed by atoms with Gasteiger partial charge in [-0.2, -0.15) is 13.2 Å². The molecule has 0 saturated heterocycles. The van der Waals surface area contributed by atoms with Crippen LogP contribution in [-0.4, -0.2) is 10.9 Å². The van der Waals surface area contributed by atoms with Crippen LogP contribution in [0.25, 0.3) is 11.3 Å². The molecule has 1 amide bonds. The molecule has 3 nitrogen and oxygen atoms in total. The van der Waals surface area contributed by atoms with Crippen molar-refractivity contribution in [3.05, 3.63) is 76.1 Å². The minimum absolute atomic E-state index is 0.0937. The lowest BCUT2D eigenvalue weighted by molar-refractivity contribution is -0.137. The zero-order chi connectivity index (χ0) is 18.6. The van der Waals surface area contributed by atoms with Gasteiger partial charge in [-0.3, -0.25) is 4.79 Å². The lowest BCUT2D eigenvalue weighted by atomic mass is 10.1. The number of aromatic nitrogens is 1. The van der Waals surface area contributed by atoms with E-state index in [0.29, 0.717) is 22.8 Å². The van der Waals surface area contributed by atoms with Crippen molar-refractivity contribution in [1.29, 1.82) is 0 Å². The number of thiazole rings is 1. The summed E-state index contributed by atoms with van der Waals surface area (Å²) in [4.78, 5) is 16.3. The Kier molecular flexibility index (Phi) is 5.37. The molecule has 26 heavy (non-hydrogen) atoms. The monoisotopic (exact) mass is 376 g/mol. The Balaban J connectivity index is 1.64. The van der Waals surface area contributed by atoms with Gasteiger partial charge in [0.15, 0.2) is 0 Å². The van der Waals surface area contributed by atoms with Crippen LogP contribution in [0.4, 0.5) is 13.2 Å². The van der Waals surface area contributed by atoms with Crippen molar-refractivity contribution in [1.82, 2.24) is 10.3 Å². The summed E-state index contributed by atoms with van der Waals surface area (Å²) in [6.45, 7) is 0.422. The van der Waals surface area contributed by atoms with Gasteiger partial charge in [0.05, 0.1) is 17.7 Å². The summed E-state index contributed by atoms with van der Waals surface area (Å²) in [5.74, 6) is -0.182. The van der Waals surface area contributed by atoms with Crippen LogP contribution in [0.15, 0.2) is 60.0 Å². The molecule has 0 saturated carbocycles. The first kappa shape index (κ1) is 18.1. The molecule has 2 aromatic carbocycles. The van der Waals surface area contributed by atoms with E-state index in [1.54, 1.807) is 11.4 Å². The standard InChI is InChI=1S/C19H15F3N2OS/c20-19(21,22)15-8-4-7-14(9-15)16-12-26-18(24-16)10-17(25)23-11-13-5-2-1-3-6-13/h1-9,12H,10-11H2,(H,23,25). The first-order chi connectivity index (χ1) is 12.4. The van der Waals surface area contributed by atoms with Gasteiger partial charge >= 0.3 is 6.18 Å². The highest BCUT2D eigenvalue weighted by molar-refractivity contribution is 7.10. The molecule has 0 aliphatic heterocycles. The van der Waals surface area contributed by atoms with Crippen LogP contribution < -0.4 is 5.32 Å². The molecular formula is C19H15F3N2OS. The molecule has 0 atom stereocenters. The van der Waals surface area contributed by atoms with Gasteiger partial charge in [-0.15, -0.1) is 11.3 Å². The zero-order valence-corrected chi connectivity index (χ0v) is 14.4. The Hall–Kier alpha value is -2.67. The Labute approximate surface area is 152 Å². The van der Waals surface area contributed by atoms with Crippen LogP contribution in [0.5, 0.6) is 0 Å². The summed E-state index contributed by atoms with van der Waals surface area (Å²) in [7, 11) is 0. The first-order valence-corrected chi connectivity index (χ1v) is 8.72. The quantitative estimate of drug-likeness (QED) is 0.702. The number of nitrogens with one attached hydrogen (secondary N) is 1. The molecule has 3 rings (SSSR count). The molecule has 0 spiro atoms. The topological polar surface area (TPSA) is 42.0 Å². The third kappa shape index (κ3) is 4.70. The largest absolute Gasteiger partial charge is 0.416 e. The van der Waals surface area contributed by atoms with Crippen LogP contribution in [0.2, 0.25) is 0 Å². The van der Waals surface area contributed by atoms with Gasteiger partial charge < -0.3 is 5.32 Å². The third-order valence-corrected chi connectivity index (χ3v) is 4.53. The van der Waals surface area contributed by atoms with E-state index in [1.165, 1.54) is 17.4 Å². The normalized spacial score (nSPS) is 11.3. The molecule has 0 unspecified atom stereocenters. The SMILES string of the molecule is O=C(Cc1nc(-c2cccc(C(F)(F)F)c2)cs1)NCc1ccccc1. The van der Waals surface area contributed by atoms with Gasteiger partial charge in [0, 0.05) is 17.5 Å². The summed E-state index contributed by atoms with van der Waals surface area (Å²) in [6, 6.07) is 14.5. The Morgan fingerprint density at radius 2 is 1.85 bits per heavy atom. The van der Waals surface area contributed by atoms with E-state index in [-0.39, 0.29) is 12.3 Å². The van der Waals surface area contributed by atoms with Crippen LogP contribution in [0.1, 0.15) is 16.1 Å². The van der Waals surface area contributed by atoms with E-state index in [2.05, 4.69) is 10.3 Å². The maximum absolute atomic E-state index is 12.8. The fraction of sp³-hybridized carbons (Fsp3) is 0.158. The molecular weight excluding hydrogens is 361 g/mol. The van der Waals surface area contributed by atoms with Crippen molar-refractivity contribution in [2.45, 2.75) is 19.1 Å². The highest BCUT2D eigenvalue weighted by atomic mass is 32.1. The summed E-state index contributed by atoms with van der Waals surface area (Å²) in [6.07, 6.45) is -4.30. The Morgan fingerprint density at radius 1 is 1.08 bits per heavy atom. The van der Waals surface area contributed by atoms with Crippen LogP contribution in [0, 0.1) is 0 Å².